The second-order valence-electron chi connectivity index (χ2n) is 7.46. The van der Waals surface area contributed by atoms with Crippen molar-refractivity contribution in [2.45, 2.75) is 18.6 Å². The number of hydrogen-bond acceptors (Lipinski definition) is 6. The van der Waals surface area contributed by atoms with Crippen molar-refractivity contribution in [3.05, 3.63) is 64.2 Å². The van der Waals surface area contributed by atoms with Crippen LogP contribution in [0, 0.1) is 28.1 Å². The molecule has 160 valence electrons. The van der Waals surface area contributed by atoms with Crippen molar-refractivity contribution in [2.24, 2.45) is 0 Å². The number of fused-ring (bicyclic) bond motifs is 1. The van der Waals surface area contributed by atoms with Crippen LogP contribution in [0.4, 0.5) is 0 Å². The van der Waals surface area contributed by atoms with E-state index in [0.29, 0.717) is 33.6 Å². The molecule has 1 fully saturated rings. The molecule has 1 N–H and O–H groups in total. The Balaban J connectivity index is 1.78. The number of hydrogen-bond donors (Lipinski definition) is 1. The maximum Gasteiger partial charge on any atom is 0.408 e. The summed E-state index contributed by atoms with van der Waals surface area (Å²) in [6, 6.07) is 14.5. The van der Waals surface area contributed by atoms with Gasteiger partial charge in [-0.15, -0.1) is 5.01 Å². The molecule has 2 heterocycles. The Morgan fingerprint density at radius 1 is 1.34 bits per heavy atom. The quantitative estimate of drug-likeness (QED) is 0.384. The lowest BCUT2D eigenvalue weighted by Crippen LogP contribution is -2.38. The van der Waals surface area contributed by atoms with Crippen molar-refractivity contribution in [2.75, 3.05) is 20.7 Å². The molecular weight excluding hydrogens is 410 g/mol. The molecule has 3 aromatic rings. The normalized spacial score (nSPS) is 17.7. The fourth-order valence-corrected chi connectivity index (χ4v) is 3.60. The van der Waals surface area contributed by atoms with Gasteiger partial charge < -0.3 is 9.84 Å². The summed E-state index contributed by atoms with van der Waals surface area (Å²) in [5.41, 5.74) is 1.02. The predicted molar refractivity (Wildman–Crippen MR) is 114 cm³/mol. The number of methoxy groups -OCH3 is 1. The standard InChI is InChI=1S/C23H20N5O4/c1-26-13-11-23(30,28(26)31)10-8-16-4-3-5-18(14-16)27-20-7-6-17(9-12-24)15-19(20)21(25-27)22(29)32-2/h3-7,14-15,30H,9,11,13H2,1-2H3/q+1. The van der Waals surface area contributed by atoms with Crippen molar-refractivity contribution in [1.29, 1.82) is 5.26 Å². The van der Waals surface area contributed by atoms with Gasteiger partial charge in [-0.25, -0.2) is 9.48 Å². The number of aromatic nitrogens is 2. The van der Waals surface area contributed by atoms with E-state index in [4.69, 9.17) is 10.00 Å². The van der Waals surface area contributed by atoms with Crippen molar-refractivity contribution < 1.29 is 19.5 Å². The fourth-order valence-electron chi connectivity index (χ4n) is 3.60. The highest BCUT2D eigenvalue weighted by atomic mass is 16.5. The summed E-state index contributed by atoms with van der Waals surface area (Å²) < 4.78 is 6.47. The third kappa shape index (κ3) is 3.66. The first-order valence-electron chi connectivity index (χ1n) is 9.87. The van der Waals surface area contributed by atoms with E-state index in [2.05, 4.69) is 23.0 Å². The first kappa shape index (κ1) is 21.0. The molecule has 1 aromatic heterocycles. The smallest absolute Gasteiger partial charge is 0.408 e. The molecule has 32 heavy (non-hydrogen) atoms. The van der Waals surface area contributed by atoms with Gasteiger partial charge in [0.05, 0.1) is 55.7 Å². The first-order valence-corrected chi connectivity index (χ1v) is 9.87. The van der Waals surface area contributed by atoms with E-state index in [1.165, 1.54) is 12.1 Å². The van der Waals surface area contributed by atoms with E-state index >= 15 is 0 Å². The molecule has 9 heteroatoms. The number of nitriles is 1. The zero-order chi connectivity index (χ0) is 22.9. The Morgan fingerprint density at radius 3 is 2.84 bits per heavy atom. The number of ether oxygens (including phenoxy) is 1. The highest BCUT2D eigenvalue weighted by Crippen LogP contribution is 2.25. The van der Waals surface area contributed by atoms with Crippen LogP contribution in [0.25, 0.3) is 16.6 Å². The number of nitroso groups, excluding NO2 is 1. The van der Waals surface area contributed by atoms with Crippen molar-refractivity contribution in [3.63, 3.8) is 0 Å². The summed E-state index contributed by atoms with van der Waals surface area (Å²) >= 11 is 0. The SMILES string of the molecule is COC(=O)c1nn(-c2cccc(C#CC3(O)CCN(C)[N+]3=O)c2)c2ccc(CC#N)cc12. The van der Waals surface area contributed by atoms with E-state index in [0.717, 1.165) is 5.56 Å². The van der Waals surface area contributed by atoms with Gasteiger partial charge >= 0.3 is 11.7 Å². The number of nitrogens with zero attached hydrogens (tertiary/aromatic N) is 5. The van der Waals surface area contributed by atoms with E-state index < -0.39 is 11.7 Å². The molecule has 0 radical (unpaired) electrons. The van der Waals surface area contributed by atoms with E-state index in [-0.39, 0.29) is 18.5 Å². The van der Waals surface area contributed by atoms with Gasteiger partial charge in [-0.2, -0.15) is 10.4 Å². The highest BCUT2D eigenvalue weighted by molar-refractivity contribution is 6.02. The molecule has 1 unspecified atom stereocenters. The van der Waals surface area contributed by atoms with Crippen LogP contribution in [0.3, 0.4) is 0 Å². The van der Waals surface area contributed by atoms with Gasteiger partial charge in [0.1, 0.15) is 0 Å². The molecule has 1 aliphatic rings. The summed E-state index contributed by atoms with van der Waals surface area (Å²) in [5.74, 6) is 4.95. The summed E-state index contributed by atoms with van der Waals surface area (Å²) in [6.07, 6.45) is 0.429. The van der Waals surface area contributed by atoms with Gasteiger partial charge in [-0.05, 0) is 35.9 Å². The van der Waals surface area contributed by atoms with Gasteiger partial charge in [0, 0.05) is 16.9 Å². The summed E-state index contributed by atoms with van der Waals surface area (Å²) in [5, 5.41) is 25.9. The monoisotopic (exact) mass is 430 g/mol. The topological polar surface area (TPSA) is 111 Å². The third-order valence-corrected chi connectivity index (χ3v) is 5.31. The molecule has 4 rings (SSSR count). The van der Waals surface area contributed by atoms with Crippen LogP contribution >= 0.6 is 0 Å². The Kier molecular flexibility index (Phi) is 5.35. The Bertz CT molecular complexity index is 1340. The van der Waals surface area contributed by atoms with Gasteiger partial charge in [-0.3, -0.25) is 0 Å². The number of benzene rings is 2. The second kappa shape index (κ2) is 8.14. The Morgan fingerprint density at radius 2 is 2.16 bits per heavy atom. The molecule has 2 aromatic carbocycles. The molecule has 0 spiro atoms. The number of aliphatic hydroxyl groups is 1. The van der Waals surface area contributed by atoms with Crippen LogP contribution < -0.4 is 0 Å². The Hall–Kier alpha value is -4.21. The van der Waals surface area contributed by atoms with E-state index in [9.17, 15) is 14.8 Å². The van der Waals surface area contributed by atoms with Crippen LogP contribution in [-0.4, -0.2) is 57.2 Å². The van der Waals surface area contributed by atoms with Gasteiger partial charge in [0.15, 0.2) is 10.6 Å². The fraction of sp³-hybridized carbons (Fsp3) is 0.261. The predicted octanol–water partition coefficient (Wildman–Crippen LogP) is 1.95. The number of rotatable bonds is 3. The largest absolute Gasteiger partial charge is 0.464 e. The zero-order valence-electron chi connectivity index (χ0n) is 17.6. The minimum Gasteiger partial charge on any atom is -0.464 e. The average molecular weight is 430 g/mol. The lowest BCUT2D eigenvalue weighted by atomic mass is 10.1. The number of carbonyl (C=O) groups excluding carboxylic acids is 1. The van der Waals surface area contributed by atoms with E-state index in [1.807, 2.05) is 6.07 Å². The molecule has 0 bridgehead atoms. The number of carbonyl (C=O) groups is 1. The van der Waals surface area contributed by atoms with Crippen molar-refractivity contribution in [1.82, 2.24) is 14.8 Å². The molecular formula is C23H20N5O4+. The lowest BCUT2D eigenvalue weighted by molar-refractivity contribution is -0.755. The molecule has 1 saturated heterocycles. The highest BCUT2D eigenvalue weighted by Gasteiger charge is 2.52. The lowest BCUT2D eigenvalue weighted by Gasteiger charge is -2.05. The van der Waals surface area contributed by atoms with Gasteiger partial charge in [-0.1, -0.05) is 18.1 Å². The van der Waals surface area contributed by atoms with E-state index in [1.54, 1.807) is 48.1 Å². The molecule has 0 aliphatic carbocycles. The number of esters is 1. The van der Waals surface area contributed by atoms with Gasteiger partial charge in [0.25, 0.3) is 0 Å². The van der Waals surface area contributed by atoms with Crippen molar-refractivity contribution in [3.8, 4) is 23.6 Å². The van der Waals surface area contributed by atoms with Crippen LogP contribution in [0.1, 0.15) is 28.0 Å². The minimum atomic E-state index is -1.77. The van der Waals surface area contributed by atoms with Crippen LogP contribution in [0.2, 0.25) is 0 Å². The van der Waals surface area contributed by atoms with Crippen LogP contribution in [0.15, 0.2) is 42.5 Å². The zero-order valence-corrected chi connectivity index (χ0v) is 17.6. The maximum absolute atomic E-state index is 12.3. The molecule has 0 saturated carbocycles. The molecule has 1 aliphatic heterocycles. The second-order valence-corrected chi connectivity index (χ2v) is 7.46. The third-order valence-electron chi connectivity index (χ3n) is 5.31. The molecule has 9 nitrogen and oxygen atoms in total. The summed E-state index contributed by atoms with van der Waals surface area (Å²) in [7, 11) is 2.88. The first-order chi connectivity index (χ1) is 15.4. The number of hydrazine groups is 1. The van der Waals surface area contributed by atoms with Crippen LogP contribution in [-0.2, 0) is 11.2 Å². The average Bonchev–Trinajstić information content (AvgIpc) is 3.31. The Labute approximate surface area is 184 Å². The van der Waals surface area contributed by atoms with Crippen LogP contribution in [0.5, 0.6) is 0 Å². The molecule has 1 atom stereocenters. The summed E-state index contributed by atoms with van der Waals surface area (Å²) in [4.78, 5) is 24.8. The van der Waals surface area contributed by atoms with Gasteiger partial charge in [0.2, 0.25) is 0 Å². The minimum absolute atomic E-state index is 0.143. The maximum atomic E-state index is 12.3. The van der Waals surface area contributed by atoms with Crippen molar-refractivity contribution >= 4 is 16.9 Å². The summed E-state index contributed by atoms with van der Waals surface area (Å²) in [6.45, 7) is 0.415. The molecule has 0 amide bonds.